The van der Waals surface area contributed by atoms with Crippen molar-refractivity contribution in [2.75, 3.05) is 6.61 Å². The number of ketones is 1. The molecule has 0 aromatic rings. The van der Waals surface area contributed by atoms with E-state index in [1.807, 2.05) is 12.2 Å². The van der Waals surface area contributed by atoms with E-state index in [9.17, 15) is 15.0 Å². The van der Waals surface area contributed by atoms with Gasteiger partial charge < -0.3 is 15.3 Å². The van der Waals surface area contributed by atoms with E-state index in [2.05, 4.69) is 6.92 Å². The fraction of sp³-hybridized carbons (Fsp3) is 0.864. The molecule has 0 saturated heterocycles. The summed E-state index contributed by atoms with van der Waals surface area (Å²) in [6.45, 7) is 2.45. The molecule has 26 heavy (non-hydrogen) atoms. The predicted octanol–water partition coefficient (Wildman–Crippen LogP) is 3.77. The Morgan fingerprint density at radius 1 is 1.19 bits per heavy atom. The van der Waals surface area contributed by atoms with Gasteiger partial charge in [0.05, 0.1) is 11.7 Å². The number of hydrogen-bond donors (Lipinski definition) is 3. The van der Waals surface area contributed by atoms with Crippen LogP contribution in [0, 0.1) is 17.8 Å². The van der Waals surface area contributed by atoms with E-state index < -0.39 is 11.7 Å². The number of Topliss-reactive ketones (excluding diaryl/α,β-unsaturated/α-hetero) is 1. The van der Waals surface area contributed by atoms with Gasteiger partial charge in [-0.1, -0.05) is 57.6 Å². The van der Waals surface area contributed by atoms with Crippen molar-refractivity contribution in [2.45, 2.75) is 95.7 Å². The summed E-state index contributed by atoms with van der Waals surface area (Å²) in [6.07, 6.45) is 14.2. The van der Waals surface area contributed by atoms with Crippen LogP contribution >= 0.6 is 0 Å². The van der Waals surface area contributed by atoms with Crippen molar-refractivity contribution in [1.29, 1.82) is 0 Å². The molecule has 0 aliphatic heterocycles. The smallest absolute Gasteiger partial charge is 0.139 e. The molecule has 2 saturated carbocycles. The van der Waals surface area contributed by atoms with Gasteiger partial charge in [0.25, 0.3) is 0 Å². The van der Waals surface area contributed by atoms with Crippen LogP contribution in [0.25, 0.3) is 0 Å². The first-order valence-electron chi connectivity index (χ1n) is 10.7. The Morgan fingerprint density at radius 3 is 2.65 bits per heavy atom. The topological polar surface area (TPSA) is 77.8 Å². The van der Waals surface area contributed by atoms with Gasteiger partial charge in [-0.05, 0) is 38.0 Å². The Bertz CT molecular complexity index is 461. The molecule has 2 aliphatic rings. The highest BCUT2D eigenvalue weighted by Crippen LogP contribution is 2.37. The highest BCUT2D eigenvalue weighted by Gasteiger charge is 2.39. The van der Waals surface area contributed by atoms with Gasteiger partial charge in [-0.3, -0.25) is 4.79 Å². The Labute approximate surface area is 158 Å². The molecule has 2 unspecified atom stereocenters. The summed E-state index contributed by atoms with van der Waals surface area (Å²) < 4.78 is 0. The van der Waals surface area contributed by atoms with E-state index in [4.69, 9.17) is 5.11 Å². The zero-order valence-electron chi connectivity index (χ0n) is 16.4. The molecular weight excluding hydrogens is 328 g/mol. The molecule has 4 heteroatoms. The van der Waals surface area contributed by atoms with Crippen molar-refractivity contribution in [1.82, 2.24) is 0 Å². The molecule has 150 valence electrons. The minimum absolute atomic E-state index is 0.0704. The maximum absolute atomic E-state index is 12.3. The number of carbonyl (C=O) groups is 1. The highest BCUT2D eigenvalue weighted by molar-refractivity contribution is 5.84. The number of hydrogen-bond acceptors (Lipinski definition) is 4. The summed E-state index contributed by atoms with van der Waals surface area (Å²) in [6, 6.07) is 0. The molecule has 0 aromatic heterocycles. The predicted molar refractivity (Wildman–Crippen MR) is 104 cm³/mol. The van der Waals surface area contributed by atoms with Gasteiger partial charge in [-0.15, -0.1) is 0 Å². The number of unbranched alkanes of at least 4 members (excludes halogenated alkanes) is 4. The van der Waals surface area contributed by atoms with Gasteiger partial charge in [0.2, 0.25) is 0 Å². The molecule has 2 aliphatic carbocycles. The van der Waals surface area contributed by atoms with Gasteiger partial charge >= 0.3 is 0 Å². The van der Waals surface area contributed by atoms with Gasteiger partial charge in [-0.2, -0.15) is 0 Å². The third-order valence-electron chi connectivity index (χ3n) is 6.33. The largest absolute Gasteiger partial charge is 0.396 e. The molecule has 5 atom stereocenters. The van der Waals surface area contributed by atoms with Crippen molar-refractivity contribution >= 4 is 5.78 Å². The third-order valence-corrected chi connectivity index (χ3v) is 6.33. The fourth-order valence-electron chi connectivity index (χ4n) is 4.86. The average Bonchev–Trinajstić information content (AvgIpc) is 2.84. The summed E-state index contributed by atoms with van der Waals surface area (Å²) in [5.74, 6) is 0.593. The zero-order chi connectivity index (χ0) is 19.0. The van der Waals surface area contributed by atoms with Crippen molar-refractivity contribution in [3.8, 4) is 0 Å². The average molecular weight is 367 g/mol. The fourth-order valence-corrected chi connectivity index (χ4v) is 4.86. The van der Waals surface area contributed by atoms with E-state index >= 15 is 0 Å². The first-order chi connectivity index (χ1) is 12.4. The minimum atomic E-state index is -0.607. The van der Waals surface area contributed by atoms with Crippen molar-refractivity contribution in [3.05, 3.63) is 12.2 Å². The van der Waals surface area contributed by atoms with Crippen LogP contribution in [0.1, 0.15) is 84.0 Å². The Morgan fingerprint density at radius 2 is 1.92 bits per heavy atom. The monoisotopic (exact) mass is 366 g/mol. The minimum Gasteiger partial charge on any atom is -0.396 e. The Kier molecular flexibility index (Phi) is 8.78. The normalized spacial score (nSPS) is 35.5. The highest BCUT2D eigenvalue weighted by atomic mass is 16.3. The van der Waals surface area contributed by atoms with Crippen LogP contribution in [-0.2, 0) is 4.79 Å². The summed E-state index contributed by atoms with van der Waals surface area (Å²) in [4.78, 5) is 12.3. The van der Waals surface area contributed by atoms with Crippen LogP contribution in [0.5, 0.6) is 0 Å². The number of aliphatic hydroxyl groups is 3. The van der Waals surface area contributed by atoms with Crippen LogP contribution in [0.2, 0.25) is 0 Å². The lowest BCUT2D eigenvalue weighted by Gasteiger charge is -2.35. The second kappa shape index (κ2) is 10.6. The van der Waals surface area contributed by atoms with Gasteiger partial charge in [-0.25, -0.2) is 0 Å². The van der Waals surface area contributed by atoms with Crippen LogP contribution in [0.4, 0.5) is 0 Å². The first-order valence-corrected chi connectivity index (χ1v) is 10.7. The molecule has 0 aromatic carbocycles. The summed E-state index contributed by atoms with van der Waals surface area (Å²) in [7, 11) is 0. The second-order valence-corrected chi connectivity index (χ2v) is 8.76. The molecule has 0 radical (unpaired) electrons. The molecule has 2 fully saturated rings. The van der Waals surface area contributed by atoms with Crippen molar-refractivity contribution in [3.63, 3.8) is 0 Å². The van der Waals surface area contributed by atoms with Gasteiger partial charge in [0.1, 0.15) is 5.78 Å². The molecule has 4 nitrogen and oxygen atoms in total. The zero-order valence-corrected chi connectivity index (χ0v) is 16.4. The summed E-state index contributed by atoms with van der Waals surface area (Å²) in [5, 5.41) is 29.8. The molecular formula is C22H38O4. The molecule has 0 bridgehead atoms. The summed E-state index contributed by atoms with van der Waals surface area (Å²) in [5.41, 5.74) is -0.607. The quantitative estimate of drug-likeness (QED) is 0.406. The molecule has 3 N–H and O–H groups in total. The number of rotatable bonds is 10. The van der Waals surface area contributed by atoms with E-state index in [0.717, 1.165) is 57.8 Å². The van der Waals surface area contributed by atoms with E-state index in [1.165, 1.54) is 6.42 Å². The van der Waals surface area contributed by atoms with E-state index in [1.54, 1.807) is 0 Å². The van der Waals surface area contributed by atoms with E-state index in [0.29, 0.717) is 12.3 Å². The van der Waals surface area contributed by atoms with Crippen LogP contribution in [0.15, 0.2) is 12.2 Å². The van der Waals surface area contributed by atoms with E-state index in [-0.39, 0.29) is 30.6 Å². The Hall–Kier alpha value is -0.710. The van der Waals surface area contributed by atoms with Gasteiger partial charge in [0.15, 0.2) is 0 Å². The lowest BCUT2D eigenvalue weighted by molar-refractivity contribution is -0.121. The van der Waals surface area contributed by atoms with Crippen LogP contribution in [0.3, 0.4) is 0 Å². The lowest BCUT2D eigenvalue weighted by Crippen LogP contribution is -2.34. The Balaban J connectivity index is 1.81. The third kappa shape index (κ3) is 6.47. The second-order valence-electron chi connectivity index (χ2n) is 8.76. The molecule has 0 amide bonds. The van der Waals surface area contributed by atoms with Crippen molar-refractivity contribution < 1.29 is 20.1 Å². The first kappa shape index (κ1) is 21.6. The van der Waals surface area contributed by atoms with Gasteiger partial charge in [0, 0.05) is 24.9 Å². The van der Waals surface area contributed by atoms with Crippen molar-refractivity contribution in [2.24, 2.45) is 17.8 Å². The summed E-state index contributed by atoms with van der Waals surface area (Å²) >= 11 is 0. The standard InChI is InChI=1S/C22H38O4/c1-17-9-7-12-22(26,16-17)13-8-11-19-18(20(24)15-21(19)25)10-5-3-2-4-6-14-23/h8,11,17-19,21,23,25-26H,2-7,9-10,12-16H2,1H3/b11-8+/t17?,18-,19-,21-,22?/m1/s1. The maximum Gasteiger partial charge on any atom is 0.139 e. The molecule has 0 heterocycles. The SMILES string of the molecule is CC1CCCC(O)(C/C=C/[C@H]2[C@H](O)CC(=O)[C@@H]2CCCCCCCO)C1. The maximum atomic E-state index is 12.3. The lowest BCUT2D eigenvalue weighted by atomic mass is 9.77. The van der Waals surface area contributed by atoms with Crippen LogP contribution in [-0.4, -0.2) is 39.4 Å². The molecule has 0 spiro atoms. The number of carbonyl (C=O) groups excluding carboxylic acids is 1. The van der Waals surface area contributed by atoms with Crippen LogP contribution < -0.4 is 0 Å². The molecule has 2 rings (SSSR count). The number of aliphatic hydroxyl groups excluding tert-OH is 2.